The SMILES string of the molecule is Cc1nc(/N=C/Cc2ccccc2)sc1-c1cnc(Cl)c(NS(=O)(=O)c2ccccc2)c1. The maximum atomic E-state index is 12.7. The van der Waals surface area contributed by atoms with Gasteiger partial charge in [-0.05, 0) is 30.7 Å². The fraction of sp³-hybridized carbons (Fsp3) is 0.0870. The number of aliphatic imine (C=N–C) groups is 1. The molecule has 0 saturated heterocycles. The van der Waals surface area contributed by atoms with E-state index in [1.165, 1.54) is 29.0 Å². The van der Waals surface area contributed by atoms with Crippen LogP contribution in [-0.4, -0.2) is 24.6 Å². The molecule has 4 rings (SSSR count). The summed E-state index contributed by atoms with van der Waals surface area (Å²) < 4.78 is 27.9. The highest BCUT2D eigenvalue weighted by atomic mass is 35.5. The molecule has 0 aliphatic carbocycles. The van der Waals surface area contributed by atoms with Crippen LogP contribution in [-0.2, 0) is 16.4 Å². The lowest BCUT2D eigenvalue weighted by molar-refractivity contribution is 0.601. The fourth-order valence-corrected chi connectivity index (χ4v) is 5.20. The topological polar surface area (TPSA) is 84.3 Å². The van der Waals surface area contributed by atoms with Crippen molar-refractivity contribution >= 4 is 50.0 Å². The normalized spacial score (nSPS) is 11.7. The zero-order valence-corrected chi connectivity index (χ0v) is 19.5. The number of nitrogens with zero attached hydrogens (tertiary/aromatic N) is 3. The quantitative estimate of drug-likeness (QED) is 0.262. The van der Waals surface area contributed by atoms with E-state index in [1.807, 2.05) is 43.5 Å². The molecule has 6 nitrogen and oxygen atoms in total. The zero-order valence-electron chi connectivity index (χ0n) is 17.1. The molecule has 0 atom stereocenters. The molecule has 2 aromatic heterocycles. The number of nitrogens with one attached hydrogen (secondary N) is 1. The third kappa shape index (κ3) is 5.21. The number of hydrogen-bond acceptors (Lipinski definition) is 6. The third-order valence-corrected chi connectivity index (χ3v) is 7.35. The van der Waals surface area contributed by atoms with Gasteiger partial charge in [0, 0.05) is 24.4 Å². The van der Waals surface area contributed by atoms with Crippen LogP contribution in [0, 0.1) is 6.92 Å². The molecule has 2 aromatic carbocycles. The second-order valence-electron chi connectivity index (χ2n) is 6.89. The molecule has 0 saturated carbocycles. The van der Waals surface area contributed by atoms with Gasteiger partial charge in [0.2, 0.25) is 5.13 Å². The minimum Gasteiger partial charge on any atom is -0.276 e. The highest BCUT2D eigenvalue weighted by Crippen LogP contribution is 2.36. The Morgan fingerprint density at radius 3 is 2.50 bits per heavy atom. The molecule has 0 unspecified atom stereocenters. The summed E-state index contributed by atoms with van der Waals surface area (Å²) in [6, 6.07) is 19.8. The smallest absolute Gasteiger partial charge is 0.261 e. The van der Waals surface area contributed by atoms with Crippen LogP contribution in [0.4, 0.5) is 10.8 Å². The first-order valence-corrected chi connectivity index (χ1v) is 12.4. The van der Waals surface area contributed by atoms with Crippen molar-refractivity contribution in [2.45, 2.75) is 18.2 Å². The summed E-state index contributed by atoms with van der Waals surface area (Å²) in [5, 5.41) is 0.686. The summed E-state index contributed by atoms with van der Waals surface area (Å²) in [7, 11) is -3.79. The van der Waals surface area contributed by atoms with Gasteiger partial charge in [0.05, 0.1) is 21.2 Å². The third-order valence-electron chi connectivity index (χ3n) is 4.56. The first kappa shape index (κ1) is 22.1. The van der Waals surface area contributed by atoms with Gasteiger partial charge >= 0.3 is 0 Å². The second kappa shape index (κ2) is 9.60. The Labute approximate surface area is 195 Å². The van der Waals surface area contributed by atoms with Gasteiger partial charge in [-0.2, -0.15) is 0 Å². The van der Waals surface area contributed by atoms with Gasteiger partial charge in [-0.1, -0.05) is 71.5 Å². The van der Waals surface area contributed by atoms with E-state index in [4.69, 9.17) is 11.6 Å². The predicted molar refractivity (Wildman–Crippen MR) is 131 cm³/mol. The summed E-state index contributed by atoms with van der Waals surface area (Å²) in [5.41, 5.74) is 2.86. The van der Waals surface area contributed by atoms with Crippen molar-refractivity contribution in [1.82, 2.24) is 9.97 Å². The summed E-state index contributed by atoms with van der Waals surface area (Å²) in [6.07, 6.45) is 4.14. The van der Waals surface area contributed by atoms with Crippen molar-refractivity contribution in [3.63, 3.8) is 0 Å². The molecule has 1 N–H and O–H groups in total. The van der Waals surface area contributed by atoms with E-state index in [9.17, 15) is 8.42 Å². The van der Waals surface area contributed by atoms with Crippen molar-refractivity contribution < 1.29 is 8.42 Å². The zero-order chi connectivity index (χ0) is 22.6. The summed E-state index contributed by atoms with van der Waals surface area (Å²) in [6.45, 7) is 1.88. The molecule has 0 bridgehead atoms. The lowest BCUT2D eigenvalue weighted by atomic mass is 10.2. The molecular formula is C23H19ClN4O2S2. The molecule has 162 valence electrons. The molecular weight excluding hydrogens is 464 g/mol. The Hall–Kier alpha value is -3.07. The van der Waals surface area contributed by atoms with E-state index in [1.54, 1.807) is 30.5 Å². The Morgan fingerprint density at radius 2 is 1.78 bits per heavy atom. The van der Waals surface area contributed by atoms with Crippen LogP contribution in [0.5, 0.6) is 0 Å². The lowest BCUT2D eigenvalue weighted by Crippen LogP contribution is -2.13. The molecule has 4 aromatic rings. The number of aryl methyl sites for hydroxylation is 1. The molecule has 2 heterocycles. The van der Waals surface area contributed by atoms with E-state index < -0.39 is 10.0 Å². The van der Waals surface area contributed by atoms with Crippen LogP contribution < -0.4 is 4.72 Å². The van der Waals surface area contributed by atoms with E-state index in [2.05, 4.69) is 19.7 Å². The number of rotatable bonds is 7. The maximum Gasteiger partial charge on any atom is 0.261 e. The van der Waals surface area contributed by atoms with Gasteiger partial charge < -0.3 is 0 Å². The number of anilines is 1. The van der Waals surface area contributed by atoms with Crippen LogP contribution in [0.1, 0.15) is 11.3 Å². The summed E-state index contributed by atoms with van der Waals surface area (Å²) in [4.78, 5) is 14.1. The molecule has 0 amide bonds. The average molecular weight is 483 g/mol. The molecule has 9 heteroatoms. The Kier molecular flexibility index (Phi) is 6.64. The van der Waals surface area contributed by atoms with Gasteiger partial charge in [-0.3, -0.25) is 4.72 Å². The first-order chi connectivity index (χ1) is 15.4. The molecule has 0 spiro atoms. The molecule has 0 aliphatic rings. The number of hydrogen-bond donors (Lipinski definition) is 1. The van der Waals surface area contributed by atoms with Gasteiger partial charge in [-0.15, -0.1) is 0 Å². The van der Waals surface area contributed by atoms with Gasteiger partial charge in [0.15, 0.2) is 5.15 Å². The Bertz CT molecular complexity index is 1360. The second-order valence-corrected chi connectivity index (χ2v) is 9.91. The van der Waals surface area contributed by atoms with Gasteiger partial charge in [0.1, 0.15) is 0 Å². The number of thiazole rings is 1. The molecule has 0 radical (unpaired) electrons. The number of halogens is 1. The molecule has 0 fully saturated rings. The highest BCUT2D eigenvalue weighted by Gasteiger charge is 2.18. The monoisotopic (exact) mass is 482 g/mol. The minimum absolute atomic E-state index is 0.0662. The first-order valence-electron chi connectivity index (χ1n) is 9.70. The standard InChI is InChI=1S/C23H19ClN4O2S2/c1-16-21(31-23(27-16)25-13-12-17-8-4-2-5-9-17)18-14-20(22(24)26-15-18)28-32(29,30)19-10-6-3-7-11-19/h2-11,13-15,28H,12H2,1H3/b25-13+. The Morgan fingerprint density at radius 1 is 1.09 bits per heavy atom. The predicted octanol–water partition coefficient (Wildman–Crippen LogP) is 5.91. The Balaban J connectivity index is 1.57. The highest BCUT2D eigenvalue weighted by molar-refractivity contribution is 7.92. The van der Waals surface area contributed by atoms with Crippen LogP contribution in [0.2, 0.25) is 5.15 Å². The van der Waals surface area contributed by atoms with Crippen molar-refractivity contribution in [3.05, 3.63) is 89.3 Å². The van der Waals surface area contributed by atoms with Crippen molar-refractivity contribution in [3.8, 4) is 10.4 Å². The van der Waals surface area contributed by atoms with E-state index in [-0.39, 0.29) is 15.7 Å². The number of benzene rings is 2. The summed E-state index contributed by atoms with van der Waals surface area (Å²) in [5.74, 6) is 0. The van der Waals surface area contributed by atoms with Crippen LogP contribution in [0.3, 0.4) is 0 Å². The number of sulfonamides is 1. The van der Waals surface area contributed by atoms with Crippen molar-refractivity contribution in [2.75, 3.05) is 4.72 Å². The minimum atomic E-state index is -3.79. The number of aromatic nitrogens is 2. The fourth-order valence-electron chi connectivity index (χ4n) is 3.00. The molecule has 0 aliphatic heterocycles. The molecule has 32 heavy (non-hydrogen) atoms. The van der Waals surface area contributed by atoms with Gasteiger partial charge in [0.25, 0.3) is 10.0 Å². The average Bonchev–Trinajstić information content (AvgIpc) is 3.17. The van der Waals surface area contributed by atoms with Crippen LogP contribution in [0.25, 0.3) is 10.4 Å². The van der Waals surface area contributed by atoms with E-state index in [0.29, 0.717) is 17.1 Å². The van der Waals surface area contributed by atoms with E-state index in [0.717, 1.165) is 10.6 Å². The van der Waals surface area contributed by atoms with E-state index >= 15 is 0 Å². The van der Waals surface area contributed by atoms with Crippen molar-refractivity contribution in [2.24, 2.45) is 4.99 Å². The lowest BCUT2D eigenvalue weighted by Gasteiger charge is -2.10. The van der Waals surface area contributed by atoms with Crippen molar-refractivity contribution in [1.29, 1.82) is 0 Å². The largest absolute Gasteiger partial charge is 0.276 e. The van der Waals surface area contributed by atoms with Crippen LogP contribution in [0.15, 0.2) is 82.8 Å². The number of pyridine rings is 1. The van der Waals surface area contributed by atoms with Gasteiger partial charge in [-0.25, -0.2) is 23.4 Å². The van der Waals surface area contributed by atoms with Crippen LogP contribution >= 0.6 is 22.9 Å². The summed E-state index contributed by atoms with van der Waals surface area (Å²) >= 11 is 7.58. The maximum absolute atomic E-state index is 12.7.